The fraction of sp³-hybridized carbons (Fsp3) is 0.200. The minimum Gasteiger partial charge on any atom is -0.383 e. The second-order valence-corrected chi connectivity index (χ2v) is 5.97. The number of carbonyl (C=O) groups is 2. The van der Waals surface area contributed by atoms with E-state index >= 15 is 0 Å². The van der Waals surface area contributed by atoms with E-state index in [1.165, 1.54) is 6.08 Å². The number of hydrogen-bond donors (Lipinski definition) is 2. The molecule has 0 spiro atoms. The highest BCUT2D eigenvalue weighted by Gasteiger charge is 2.04. The molecule has 0 radical (unpaired) electrons. The summed E-state index contributed by atoms with van der Waals surface area (Å²) in [6, 6.07) is 14.4. The van der Waals surface area contributed by atoms with Gasteiger partial charge in [0.15, 0.2) is 0 Å². The fourth-order valence-electron chi connectivity index (χ4n) is 2.21. The van der Waals surface area contributed by atoms with Gasteiger partial charge in [0.05, 0.1) is 13.0 Å². The van der Waals surface area contributed by atoms with E-state index in [-0.39, 0.29) is 18.2 Å². The van der Waals surface area contributed by atoms with E-state index in [9.17, 15) is 9.59 Å². The van der Waals surface area contributed by atoms with Crippen LogP contribution in [0, 0.1) is 0 Å². The highest BCUT2D eigenvalue weighted by atomic mass is 35.5. The van der Waals surface area contributed by atoms with E-state index in [4.69, 9.17) is 16.3 Å². The van der Waals surface area contributed by atoms with Gasteiger partial charge in [-0.3, -0.25) is 9.59 Å². The Kier molecular flexibility index (Phi) is 7.86. The fourth-order valence-corrected chi connectivity index (χ4v) is 2.40. The van der Waals surface area contributed by atoms with Crippen molar-refractivity contribution in [3.8, 4) is 0 Å². The molecule has 0 saturated carbocycles. The lowest BCUT2D eigenvalue weighted by Crippen LogP contribution is -2.28. The lowest BCUT2D eigenvalue weighted by molar-refractivity contribution is -0.120. The average molecular weight is 373 g/mol. The van der Waals surface area contributed by atoms with Crippen LogP contribution in [0.1, 0.15) is 11.1 Å². The van der Waals surface area contributed by atoms with Crippen LogP contribution in [0.3, 0.4) is 0 Å². The molecule has 0 aliphatic carbocycles. The van der Waals surface area contributed by atoms with Crippen molar-refractivity contribution in [1.29, 1.82) is 0 Å². The van der Waals surface area contributed by atoms with Gasteiger partial charge in [-0.15, -0.1) is 0 Å². The van der Waals surface area contributed by atoms with Crippen molar-refractivity contribution >= 4 is 35.2 Å². The van der Waals surface area contributed by atoms with Crippen molar-refractivity contribution in [2.24, 2.45) is 0 Å². The molecule has 0 heterocycles. The molecule has 0 atom stereocenters. The van der Waals surface area contributed by atoms with Crippen LogP contribution in [0.2, 0.25) is 5.02 Å². The summed E-state index contributed by atoms with van der Waals surface area (Å²) in [4.78, 5) is 23.7. The number of methoxy groups -OCH3 is 1. The lowest BCUT2D eigenvalue weighted by atomic mass is 10.1. The molecule has 5 nitrogen and oxygen atoms in total. The number of carbonyl (C=O) groups excluding carboxylic acids is 2. The molecule has 0 aromatic heterocycles. The van der Waals surface area contributed by atoms with E-state index in [1.807, 2.05) is 30.3 Å². The molecule has 0 unspecified atom stereocenters. The third kappa shape index (κ3) is 6.70. The van der Waals surface area contributed by atoms with E-state index in [0.29, 0.717) is 23.9 Å². The Morgan fingerprint density at radius 1 is 1.12 bits per heavy atom. The van der Waals surface area contributed by atoms with E-state index in [1.54, 1.807) is 31.4 Å². The first kappa shape index (κ1) is 19.7. The molecule has 0 saturated heterocycles. The second-order valence-electron chi connectivity index (χ2n) is 5.56. The summed E-state index contributed by atoms with van der Waals surface area (Å²) in [5.74, 6) is -0.323. The minimum absolute atomic E-state index is 0.0680. The molecule has 136 valence electrons. The van der Waals surface area contributed by atoms with E-state index < -0.39 is 0 Å². The van der Waals surface area contributed by atoms with Crippen molar-refractivity contribution in [2.45, 2.75) is 6.42 Å². The summed E-state index contributed by atoms with van der Waals surface area (Å²) in [5.41, 5.74) is 2.30. The Labute approximate surface area is 158 Å². The molecule has 2 N–H and O–H groups in total. The summed E-state index contributed by atoms with van der Waals surface area (Å²) in [7, 11) is 1.59. The van der Waals surface area contributed by atoms with Crippen LogP contribution in [-0.4, -0.2) is 32.1 Å². The number of amides is 2. The molecule has 2 amide bonds. The molecule has 6 heteroatoms. The minimum atomic E-state index is -0.255. The van der Waals surface area contributed by atoms with Crippen molar-refractivity contribution in [3.05, 3.63) is 70.8 Å². The van der Waals surface area contributed by atoms with Crippen LogP contribution >= 0.6 is 11.6 Å². The number of nitrogens with one attached hydrogen (secondary N) is 2. The van der Waals surface area contributed by atoms with Gasteiger partial charge in [0, 0.05) is 30.4 Å². The normalized spacial score (nSPS) is 10.7. The monoisotopic (exact) mass is 372 g/mol. The van der Waals surface area contributed by atoms with Crippen LogP contribution < -0.4 is 10.6 Å². The first-order chi connectivity index (χ1) is 12.6. The first-order valence-electron chi connectivity index (χ1n) is 8.16. The number of halogens is 1. The summed E-state index contributed by atoms with van der Waals surface area (Å²) >= 11 is 6.04. The van der Waals surface area contributed by atoms with Crippen LogP contribution in [0.5, 0.6) is 0 Å². The van der Waals surface area contributed by atoms with Crippen molar-refractivity contribution in [3.63, 3.8) is 0 Å². The smallest absolute Gasteiger partial charge is 0.248 e. The number of rotatable bonds is 8. The Hall–Kier alpha value is -2.63. The van der Waals surface area contributed by atoms with Gasteiger partial charge in [-0.25, -0.2) is 0 Å². The van der Waals surface area contributed by atoms with Gasteiger partial charge in [0.1, 0.15) is 0 Å². The van der Waals surface area contributed by atoms with Crippen molar-refractivity contribution < 1.29 is 14.3 Å². The van der Waals surface area contributed by atoms with Crippen molar-refractivity contribution in [1.82, 2.24) is 5.32 Å². The first-order valence-corrected chi connectivity index (χ1v) is 8.54. The van der Waals surface area contributed by atoms with Gasteiger partial charge in [0.2, 0.25) is 11.8 Å². The van der Waals surface area contributed by atoms with Gasteiger partial charge in [0.25, 0.3) is 0 Å². The van der Waals surface area contributed by atoms with E-state index in [0.717, 1.165) is 11.1 Å². The molecule has 2 rings (SSSR count). The van der Waals surface area contributed by atoms with Gasteiger partial charge in [-0.1, -0.05) is 41.9 Å². The van der Waals surface area contributed by atoms with Gasteiger partial charge < -0.3 is 15.4 Å². The summed E-state index contributed by atoms with van der Waals surface area (Å²) in [6.45, 7) is 0.972. The number of ether oxygens (including phenoxy) is 1. The molecule has 2 aromatic rings. The van der Waals surface area contributed by atoms with Crippen molar-refractivity contribution in [2.75, 3.05) is 25.6 Å². The number of anilines is 1. The Morgan fingerprint density at radius 2 is 1.85 bits per heavy atom. The van der Waals surface area contributed by atoms with Crippen LogP contribution in [0.25, 0.3) is 6.08 Å². The zero-order valence-electron chi connectivity index (χ0n) is 14.5. The molecular weight excluding hydrogens is 352 g/mol. The molecule has 26 heavy (non-hydrogen) atoms. The molecule has 2 aromatic carbocycles. The maximum Gasteiger partial charge on any atom is 0.248 e. The maximum absolute atomic E-state index is 12.0. The predicted octanol–water partition coefficient (Wildman–Crippen LogP) is 3.30. The zero-order valence-corrected chi connectivity index (χ0v) is 15.3. The third-order valence-electron chi connectivity index (χ3n) is 3.53. The lowest BCUT2D eigenvalue weighted by Gasteiger charge is -2.06. The van der Waals surface area contributed by atoms with Gasteiger partial charge >= 0.3 is 0 Å². The molecule has 0 bridgehead atoms. The van der Waals surface area contributed by atoms with Crippen LogP contribution in [0.4, 0.5) is 5.69 Å². The highest BCUT2D eigenvalue weighted by molar-refractivity contribution is 6.32. The zero-order chi connectivity index (χ0) is 18.8. The van der Waals surface area contributed by atoms with Crippen LogP contribution in [0.15, 0.2) is 54.6 Å². The highest BCUT2D eigenvalue weighted by Crippen LogP contribution is 2.16. The van der Waals surface area contributed by atoms with E-state index in [2.05, 4.69) is 10.6 Å². The summed E-state index contributed by atoms with van der Waals surface area (Å²) in [5, 5.41) is 6.12. The summed E-state index contributed by atoms with van der Waals surface area (Å²) in [6.07, 6.45) is 3.37. The average Bonchev–Trinajstić information content (AvgIpc) is 2.63. The number of hydrogen-bond acceptors (Lipinski definition) is 3. The topological polar surface area (TPSA) is 67.4 Å². The quantitative estimate of drug-likeness (QED) is 0.552. The number of benzene rings is 2. The summed E-state index contributed by atoms with van der Waals surface area (Å²) < 4.78 is 4.88. The van der Waals surface area contributed by atoms with Crippen LogP contribution in [-0.2, 0) is 20.7 Å². The van der Waals surface area contributed by atoms with Gasteiger partial charge in [-0.2, -0.15) is 0 Å². The van der Waals surface area contributed by atoms with Gasteiger partial charge in [-0.05, 0) is 35.4 Å². The second kappa shape index (κ2) is 10.4. The molecule has 0 aliphatic rings. The maximum atomic E-state index is 12.0. The SMILES string of the molecule is COCCNC(=O)Cc1ccc(NC(=O)/C=C/c2ccccc2Cl)cc1. The Balaban J connectivity index is 1.85. The molecular formula is C20H21ClN2O3. The standard InChI is InChI=1S/C20H21ClN2O3/c1-26-13-12-22-20(25)14-15-6-9-17(10-7-15)23-19(24)11-8-16-4-2-3-5-18(16)21/h2-11H,12-14H2,1H3,(H,22,25)(H,23,24)/b11-8+. The third-order valence-corrected chi connectivity index (χ3v) is 3.88. The molecule has 0 aliphatic heterocycles. The largest absolute Gasteiger partial charge is 0.383 e. The predicted molar refractivity (Wildman–Crippen MR) is 104 cm³/mol. The molecule has 0 fully saturated rings. The Bertz CT molecular complexity index is 773. The Morgan fingerprint density at radius 3 is 2.54 bits per heavy atom.